The van der Waals surface area contributed by atoms with E-state index < -0.39 is 0 Å². The summed E-state index contributed by atoms with van der Waals surface area (Å²) in [6, 6.07) is 7.88. The predicted octanol–water partition coefficient (Wildman–Crippen LogP) is 0.653. The molecule has 138 valence electrons. The number of hydrogen-bond donors (Lipinski definition) is 2. The first-order valence-electron chi connectivity index (χ1n) is 8.71. The molecule has 7 heteroatoms. The van der Waals surface area contributed by atoms with Gasteiger partial charge < -0.3 is 15.5 Å². The Bertz CT molecular complexity index is 604. The lowest BCUT2D eigenvalue weighted by atomic mass is 10.1. The summed E-state index contributed by atoms with van der Waals surface area (Å²) in [6.07, 6.45) is 1.03. The molecular formula is C18H27ClN4O2. The number of likely N-dealkylation sites (tertiary alicyclic amines) is 1. The average molecular weight is 367 g/mol. The molecule has 3 rings (SSSR count). The number of aryl methyl sites for hydroxylation is 1. The summed E-state index contributed by atoms with van der Waals surface area (Å²) in [4.78, 5) is 28.9. The molecule has 0 spiro atoms. The van der Waals surface area contributed by atoms with Crippen molar-refractivity contribution in [3.05, 3.63) is 35.4 Å². The Labute approximate surface area is 155 Å². The van der Waals surface area contributed by atoms with E-state index in [9.17, 15) is 9.59 Å². The molecule has 6 nitrogen and oxygen atoms in total. The first kappa shape index (κ1) is 19.7. The van der Waals surface area contributed by atoms with E-state index in [1.807, 2.05) is 30.0 Å². The minimum atomic E-state index is -0.181. The van der Waals surface area contributed by atoms with Gasteiger partial charge in [0.2, 0.25) is 5.91 Å². The Morgan fingerprint density at radius 1 is 1.20 bits per heavy atom. The van der Waals surface area contributed by atoms with E-state index in [0.29, 0.717) is 11.6 Å². The van der Waals surface area contributed by atoms with Gasteiger partial charge in [0.1, 0.15) is 0 Å². The smallest absolute Gasteiger partial charge is 0.251 e. The van der Waals surface area contributed by atoms with E-state index in [0.717, 1.165) is 51.3 Å². The SMILES string of the molecule is Cc1ccccc1C(=O)NCC(=O)N1CCC(N2CCNCC2)C1.Cl. The number of amides is 2. The van der Waals surface area contributed by atoms with Crippen LogP contribution >= 0.6 is 12.4 Å². The second-order valence-electron chi connectivity index (χ2n) is 6.57. The molecule has 1 aromatic rings. The van der Waals surface area contributed by atoms with Gasteiger partial charge in [-0.25, -0.2) is 0 Å². The Kier molecular flexibility index (Phi) is 7.23. The Morgan fingerprint density at radius 2 is 1.92 bits per heavy atom. The first-order valence-corrected chi connectivity index (χ1v) is 8.71. The summed E-state index contributed by atoms with van der Waals surface area (Å²) < 4.78 is 0. The van der Waals surface area contributed by atoms with Crippen LogP contribution in [0, 0.1) is 6.92 Å². The summed E-state index contributed by atoms with van der Waals surface area (Å²) in [6.45, 7) is 7.69. The lowest BCUT2D eigenvalue weighted by Crippen LogP contribution is -2.49. The fraction of sp³-hybridized carbons (Fsp3) is 0.556. The molecule has 1 atom stereocenters. The number of halogens is 1. The van der Waals surface area contributed by atoms with Crippen LogP contribution in [0.15, 0.2) is 24.3 Å². The lowest BCUT2D eigenvalue weighted by Gasteiger charge is -2.32. The van der Waals surface area contributed by atoms with Gasteiger partial charge >= 0.3 is 0 Å². The molecule has 25 heavy (non-hydrogen) atoms. The van der Waals surface area contributed by atoms with Crippen LogP contribution in [0.3, 0.4) is 0 Å². The van der Waals surface area contributed by atoms with Crippen LogP contribution in [-0.2, 0) is 4.79 Å². The van der Waals surface area contributed by atoms with Gasteiger partial charge in [-0.3, -0.25) is 14.5 Å². The molecule has 2 amide bonds. The van der Waals surface area contributed by atoms with Crippen molar-refractivity contribution in [1.82, 2.24) is 20.4 Å². The number of hydrogen-bond acceptors (Lipinski definition) is 4. The number of piperazine rings is 1. The molecule has 2 N–H and O–H groups in total. The summed E-state index contributed by atoms with van der Waals surface area (Å²) in [5.74, 6) is -0.172. The monoisotopic (exact) mass is 366 g/mol. The van der Waals surface area contributed by atoms with Crippen LogP contribution in [0.1, 0.15) is 22.3 Å². The minimum absolute atomic E-state index is 0. The fourth-order valence-corrected chi connectivity index (χ4v) is 3.50. The van der Waals surface area contributed by atoms with E-state index in [1.54, 1.807) is 6.07 Å². The van der Waals surface area contributed by atoms with Crippen molar-refractivity contribution in [2.45, 2.75) is 19.4 Å². The number of rotatable bonds is 4. The largest absolute Gasteiger partial charge is 0.343 e. The van der Waals surface area contributed by atoms with Crippen LogP contribution in [0.2, 0.25) is 0 Å². The summed E-state index contributed by atoms with van der Waals surface area (Å²) in [5, 5.41) is 6.11. The zero-order chi connectivity index (χ0) is 16.9. The molecule has 0 saturated carbocycles. The predicted molar refractivity (Wildman–Crippen MR) is 100 cm³/mol. The third kappa shape index (κ3) is 4.93. The Balaban J connectivity index is 0.00000225. The topological polar surface area (TPSA) is 64.7 Å². The van der Waals surface area contributed by atoms with E-state index in [2.05, 4.69) is 15.5 Å². The maximum atomic E-state index is 12.4. The highest BCUT2D eigenvalue weighted by Crippen LogP contribution is 2.16. The fourth-order valence-electron chi connectivity index (χ4n) is 3.50. The summed E-state index contributed by atoms with van der Waals surface area (Å²) >= 11 is 0. The molecule has 0 bridgehead atoms. The van der Waals surface area contributed by atoms with Gasteiger partial charge in [-0.15, -0.1) is 12.4 Å². The van der Waals surface area contributed by atoms with Gasteiger partial charge in [-0.1, -0.05) is 18.2 Å². The van der Waals surface area contributed by atoms with Gasteiger partial charge in [-0.05, 0) is 25.0 Å². The Hall–Kier alpha value is -1.63. The van der Waals surface area contributed by atoms with Crippen LogP contribution in [0.5, 0.6) is 0 Å². The highest BCUT2D eigenvalue weighted by molar-refractivity contribution is 5.97. The zero-order valence-corrected chi connectivity index (χ0v) is 15.5. The number of nitrogens with one attached hydrogen (secondary N) is 2. The minimum Gasteiger partial charge on any atom is -0.343 e. The molecule has 2 fully saturated rings. The third-order valence-corrected chi connectivity index (χ3v) is 4.97. The number of carbonyl (C=O) groups is 2. The molecule has 0 radical (unpaired) electrons. The standard InChI is InChI=1S/C18H26N4O2.ClH/c1-14-4-2-3-5-16(14)18(24)20-12-17(23)22-9-6-15(13-22)21-10-7-19-8-11-21;/h2-5,15,19H,6-13H2,1H3,(H,20,24);1H. The van der Waals surface area contributed by atoms with Crippen LogP contribution in [0.4, 0.5) is 0 Å². The van der Waals surface area contributed by atoms with Crippen molar-refractivity contribution in [2.24, 2.45) is 0 Å². The summed E-state index contributed by atoms with van der Waals surface area (Å²) in [5.41, 5.74) is 1.55. The molecule has 1 aromatic carbocycles. The number of benzene rings is 1. The van der Waals surface area contributed by atoms with Crippen molar-refractivity contribution in [3.8, 4) is 0 Å². The third-order valence-electron chi connectivity index (χ3n) is 4.97. The van der Waals surface area contributed by atoms with Gasteiger partial charge in [0.15, 0.2) is 0 Å². The van der Waals surface area contributed by atoms with Crippen molar-refractivity contribution in [1.29, 1.82) is 0 Å². The van der Waals surface area contributed by atoms with Gasteiger partial charge in [0.05, 0.1) is 6.54 Å². The number of nitrogens with zero attached hydrogens (tertiary/aromatic N) is 2. The Morgan fingerprint density at radius 3 is 2.64 bits per heavy atom. The second-order valence-corrected chi connectivity index (χ2v) is 6.57. The van der Waals surface area contributed by atoms with Crippen LogP contribution in [0.25, 0.3) is 0 Å². The molecular weight excluding hydrogens is 340 g/mol. The number of carbonyl (C=O) groups excluding carboxylic acids is 2. The van der Waals surface area contributed by atoms with Gasteiger partial charge in [-0.2, -0.15) is 0 Å². The molecule has 2 aliphatic heterocycles. The molecule has 2 saturated heterocycles. The highest BCUT2D eigenvalue weighted by Gasteiger charge is 2.30. The van der Waals surface area contributed by atoms with E-state index >= 15 is 0 Å². The zero-order valence-electron chi connectivity index (χ0n) is 14.7. The molecule has 1 unspecified atom stereocenters. The maximum absolute atomic E-state index is 12.4. The van der Waals surface area contributed by atoms with E-state index in [-0.39, 0.29) is 30.8 Å². The van der Waals surface area contributed by atoms with Gasteiger partial charge in [0, 0.05) is 50.9 Å². The molecule has 2 aliphatic rings. The first-order chi connectivity index (χ1) is 11.6. The normalized spacial score (nSPS) is 20.8. The van der Waals surface area contributed by atoms with Crippen molar-refractivity contribution in [2.75, 3.05) is 45.8 Å². The molecule has 0 aliphatic carbocycles. The quantitative estimate of drug-likeness (QED) is 0.821. The van der Waals surface area contributed by atoms with Gasteiger partial charge in [0.25, 0.3) is 5.91 Å². The van der Waals surface area contributed by atoms with E-state index in [1.165, 1.54) is 0 Å². The second kappa shape index (κ2) is 9.17. The van der Waals surface area contributed by atoms with Crippen molar-refractivity contribution >= 4 is 24.2 Å². The van der Waals surface area contributed by atoms with Crippen molar-refractivity contribution in [3.63, 3.8) is 0 Å². The van der Waals surface area contributed by atoms with Crippen LogP contribution in [-0.4, -0.2) is 73.5 Å². The molecule has 2 heterocycles. The van der Waals surface area contributed by atoms with Crippen LogP contribution < -0.4 is 10.6 Å². The van der Waals surface area contributed by atoms with E-state index in [4.69, 9.17) is 0 Å². The molecule has 0 aromatic heterocycles. The summed E-state index contributed by atoms with van der Waals surface area (Å²) in [7, 11) is 0. The highest BCUT2D eigenvalue weighted by atomic mass is 35.5. The average Bonchev–Trinajstić information content (AvgIpc) is 3.11. The maximum Gasteiger partial charge on any atom is 0.251 e. The van der Waals surface area contributed by atoms with Crippen molar-refractivity contribution < 1.29 is 9.59 Å². The lowest BCUT2D eigenvalue weighted by molar-refractivity contribution is -0.129.